The number of nitrogens with one attached hydrogen (secondary N) is 2. The van der Waals surface area contributed by atoms with E-state index in [9.17, 15) is 19.3 Å². The number of hydrogen-bond acceptors (Lipinski definition) is 4. The van der Waals surface area contributed by atoms with Crippen molar-refractivity contribution < 1.29 is 29.6 Å². The molecule has 0 fully saturated rings. The average Bonchev–Trinajstić information content (AvgIpc) is 3.31. The maximum absolute atomic E-state index is 13.1. The third kappa shape index (κ3) is 7.54. The van der Waals surface area contributed by atoms with Gasteiger partial charge in [-0.15, -0.1) is 0 Å². The van der Waals surface area contributed by atoms with Crippen LogP contribution in [0.5, 0.6) is 0 Å². The first-order chi connectivity index (χ1) is 16.8. The molecule has 0 aromatic heterocycles. The van der Waals surface area contributed by atoms with E-state index in [1.807, 2.05) is 30.3 Å². The molecule has 1 aliphatic carbocycles. The summed E-state index contributed by atoms with van der Waals surface area (Å²) in [5.74, 6) is 4.00. The maximum Gasteiger partial charge on any atom is 0.316 e. The van der Waals surface area contributed by atoms with Gasteiger partial charge in [0, 0.05) is 41.8 Å². The van der Waals surface area contributed by atoms with E-state index in [0.717, 1.165) is 12.0 Å². The molecule has 35 heavy (non-hydrogen) atoms. The topological polar surface area (TPSA) is 136 Å². The quantitative estimate of drug-likeness (QED) is 0.323. The highest BCUT2D eigenvalue weighted by Gasteiger charge is 2.26. The highest BCUT2D eigenvalue weighted by molar-refractivity contribution is 6.02. The van der Waals surface area contributed by atoms with E-state index in [-0.39, 0.29) is 35.8 Å². The number of benzene rings is 2. The Bertz CT molecular complexity index is 1190. The van der Waals surface area contributed by atoms with Gasteiger partial charge in [0.2, 0.25) is 11.8 Å². The van der Waals surface area contributed by atoms with Crippen molar-refractivity contribution in [3.05, 3.63) is 76.2 Å². The molecule has 0 heterocycles. The number of rotatable bonds is 9. The number of carbonyl (C=O) groups is 3. The van der Waals surface area contributed by atoms with Crippen molar-refractivity contribution in [3.8, 4) is 11.8 Å². The monoisotopic (exact) mass is 476 g/mol. The third-order valence-electron chi connectivity index (χ3n) is 5.46. The molecule has 0 saturated carbocycles. The summed E-state index contributed by atoms with van der Waals surface area (Å²) in [4.78, 5) is 47.6. The molecule has 1 atom stereocenters. The number of amides is 2. The lowest BCUT2D eigenvalue weighted by atomic mass is 10.0. The number of carbonyl (C=O) groups excluding carboxylic acids is 2. The molecule has 4 N–H and O–H groups in total. The molecule has 3 rings (SSSR count). The second-order valence-electron chi connectivity index (χ2n) is 8.03. The summed E-state index contributed by atoms with van der Waals surface area (Å²) in [5.41, 5.74) is 2.47. The lowest BCUT2D eigenvalue weighted by Crippen LogP contribution is -2.45. The fourth-order valence-corrected chi connectivity index (χ4v) is 3.68. The van der Waals surface area contributed by atoms with Crippen LogP contribution in [0.25, 0.3) is 0 Å². The molecule has 0 aliphatic heterocycles. The first kappa shape index (κ1) is 25.2. The molecule has 9 heteroatoms. The summed E-state index contributed by atoms with van der Waals surface area (Å²) in [7, 11) is 0. The van der Waals surface area contributed by atoms with Crippen LogP contribution in [0.4, 0.5) is 11.4 Å². The predicted octanol–water partition coefficient (Wildman–Crippen LogP) is 3.50. The molecular formula is C26H26N3O6+. The van der Waals surface area contributed by atoms with Crippen LogP contribution in [-0.2, 0) is 20.8 Å². The van der Waals surface area contributed by atoms with Gasteiger partial charge < -0.3 is 15.7 Å². The number of allylic oxidation sites excluding steroid dienone is 1. The largest absolute Gasteiger partial charge is 0.481 e. The average molecular weight is 477 g/mol. The zero-order valence-electron chi connectivity index (χ0n) is 19.0. The Hall–Kier alpha value is -4.45. The molecule has 1 aliphatic rings. The molecule has 2 aromatic rings. The fourth-order valence-electron chi connectivity index (χ4n) is 3.68. The first-order valence-electron chi connectivity index (χ1n) is 11.2. The van der Waals surface area contributed by atoms with Gasteiger partial charge in [-0.25, -0.2) is 5.21 Å². The lowest BCUT2D eigenvalue weighted by molar-refractivity contribution is -0.729. The first-order valence-corrected chi connectivity index (χ1v) is 11.2. The summed E-state index contributed by atoms with van der Waals surface area (Å²) in [6, 6.07) is 14.0. The molecule has 9 nitrogen and oxygen atoms in total. The van der Waals surface area contributed by atoms with Gasteiger partial charge in [-0.3, -0.25) is 14.4 Å². The fraction of sp³-hybridized carbons (Fsp3) is 0.269. The number of carboxylic acid groups (broad SMARTS) is 1. The van der Waals surface area contributed by atoms with Gasteiger partial charge >= 0.3 is 11.7 Å². The van der Waals surface area contributed by atoms with Crippen molar-refractivity contribution in [3.63, 3.8) is 0 Å². The van der Waals surface area contributed by atoms with E-state index in [1.165, 1.54) is 24.3 Å². The van der Waals surface area contributed by atoms with Gasteiger partial charge in [-0.1, -0.05) is 42.2 Å². The standard InChI is InChI=1S/C26H25N3O6/c30-24(31)12-5-4-9-19-10-6-11-22(19)25(32)28-23(17-18-7-2-1-3-8-18)26(33)27-20-13-15-21(16-14-20)29(34)35/h1-3,7-8,13-16,23H,5-6,10-12,17H2,(H3-,27,28,30,31,32,33,34,35)/p+1/t23-/m0/s1. The van der Waals surface area contributed by atoms with Gasteiger partial charge in [-0.05, 0) is 37.0 Å². The SMILES string of the molecule is O=C(O)CCC#CC1=C(C(=O)N[C@@H](Cc2ccccc2)C(=O)Nc2ccc([N+](=O)O)cc2)CCC1. The zero-order valence-corrected chi connectivity index (χ0v) is 19.0. The highest BCUT2D eigenvalue weighted by Crippen LogP contribution is 2.26. The number of hydrogen-bond donors (Lipinski definition) is 4. The van der Waals surface area contributed by atoms with Crippen LogP contribution in [0.2, 0.25) is 0 Å². The minimum atomic E-state index is -0.927. The van der Waals surface area contributed by atoms with Crippen LogP contribution >= 0.6 is 0 Å². The van der Waals surface area contributed by atoms with E-state index >= 15 is 0 Å². The van der Waals surface area contributed by atoms with Gasteiger partial charge in [0.15, 0.2) is 0 Å². The Morgan fingerprint density at radius 1 is 1.03 bits per heavy atom. The van der Waals surface area contributed by atoms with Gasteiger partial charge in [0.1, 0.15) is 6.04 Å². The van der Waals surface area contributed by atoms with E-state index in [4.69, 9.17) is 10.3 Å². The third-order valence-corrected chi connectivity index (χ3v) is 5.46. The van der Waals surface area contributed by atoms with E-state index < -0.39 is 17.9 Å². The summed E-state index contributed by atoms with van der Waals surface area (Å²) in [6.45, 7) is 0. The van der Waals surface area contributed by atoms with Gasteiger partial charge in [0.25, 0.3) is 4.92 Å². The summed E-state index contributed by atoms with van der Waals surface area (Å²) >= 11 is 0. The minimum absolute atomic E-state index is 0.0160. The molecular weight excluding hydrogens is 450 g/mol. The Labute approximate surface area is 202 Å². The second kappa shape index (κ2) is 12.1. The van der Waals surface area contributed by atoms with Crippen molar-refractivity contribution >= 4 is 29.2 Å². The van der Waals surface area contributed by atoms with Gasteiger partial charge in [-0.2, -0.15) is 0 Å². The highest BCUT2D eigenvalue weighted by atomic mass is 16.6. The smallest absolute Gasteiger partial charge is 0.316 e. The molecule has 180 valence electrons. The van der Waals surface area contributed by atoms with Crippen molar-refractivity contribution in [1.29, 1.82) is 0 Å². The molecule has 0 spiro atoms. The predicted molar refractivity (Wildman–Crippen MR) is 128 cm³/mol. The van der Waals surface area contributed by atoms with Crippen LogP contribution in [0.3, 0.4) is 0 Å². The van der Waals surface area contributed by atoms with Crippen molar-refractivity contribution in [2.24, 2.45) is 0 Å². The van der Waals surface area contributed by atoms with Crippen LogP contribution in [0.15, 0.2) is 65.7 Å². The van der Waals surface area contributed by atoms with E-state index in [1.54, 1.807) is 0 Å². The maximum atomic E-state index is 13.1. The number of nitrogens with zero attached hydrogens (tertiary/aromatic N) is 1. The molecule has 2 aromatic carbocycles. The molecule has 2 amide bonds. The number of aliphatic carboxylic acids is 1. The molecule has 0 saturated heterocycles. The van der Waals surface area contributed by atoms with Gasteiger partial charge in [0.05, 0.1) is 11.3 Å². The minimum Gasteiger partial charge on any atom is -0.481 e. The number of carboxylic acids is 1. The van der Waals surface area contributed by atoms with Crippen molar-refractivity contribution in [1.82, 2.24) is 5.32 Å². The summed E-state index contributed by atoms with van der Waals surface area (Å²) in [6.07, 6.45) is 2.32. The normalized spacial score (nSPS) is 13.4. The molecule has 0 unspecified atom stereocenters. The number of anilines is 1. The molecule has 0 bridgehead atoms. The Kier molecular flexibility index (Phi) is 8.73. The van der Waals surface area contributed by atoms with E-state index in [0.29, 0.717) is 29.7 Å². The van der Waals surface area contributed by atoms with Crippen molar-refractivity contribution in [2.75, 3.05) is 5.32 Å². The van der Waals surface area contributed by atoms with Crippen molar-refractivity contribution in [2.45, 2.75) is 44.6 Å². The Morgan fingerprint density at radius 3 is 2.40 bits per heavy atom. The second-order valence-corrected chi connectivity index (χ2v) is 8.03. The lowest BCUT2D eigenvalue weighted by Gasteiger charge is -2.19. The molecule has 0 radical (unpaired) electrons. The summed E-state index contributed by atoms with van der Waals surface area (Å²) < 4.78 is 0. The summed E-state index contributed by atoms with van der Waals surface area (Å²) in [5, 5.41) is 23.3. The Balaban J connectivity index is 1.76. The zero-order chi connectivity index (χ0) is 25.2. The van der Waals surface area contributed by atoms with Crippen LogP contribution in [0, 0.1) is 16.7 Å². The Morgan fingerprint density at radius 2 is 1.74 bits per heavy atom. The van der Waals surface area contributed by atoms with Crippen LogP contribution in [0.1, 0.15) is 37.7 Å². The van der Waals surface area contributed by atoms with Crippen LogP contribution < -0.4 is 10.6 Å². The van der Waals surface area contributed by atoms with E-state index in [2.05, 4.69) is 22.5 Å². The van der Waals surface area contributed by atoms with Crippen LogP contribution in [-0.4, -0.2) is 39.1 Å².